The van der Waals surface area contributed by atoms with Crippen LogP contribution in [0.1, 0.15) is 41.5 Å². The predicted octanol–water partition coefficient (Wildman–Crippen LogP) is 0.708. The van der Waals surface area contributed by atoms with Gasteiger partial charge in [0.1, 0.15) is 0 Å². The fourth-order valence-corrected chi connectivity index (χ4v) is 3.23. The van der Waals surface area contributed by atoms with Gasteiger partial charge in [-0.05, 0) is 45.1 Å². The number of hydrogen-bond acceptors (Lipinski definition) is 3. The highest BCUT2D eigenvalue weighted by Gasteiger charge is 2.35. The lowest BCUT2D eigenvalue weighted by Gasteiger charge is -2.20. The maximum absolute atomic E-state index is 12.5. The van der Waals surface area contributed by atoms with Gasteiger partial charge in [0.05, 0.1) is 0 Å². The van der Waals surface area contributed by atoms with Crippen molar-refractivity contribution in [3.8, 4) is 0 Å². The van der Waals surface area contributed by atoms with Crippen molar-refractivity contribution in [2.75, 3.05) is 13.1 Å². The number of hydrogen-bond donors (Lipinski definition) is 2. The number of likely N-dealkylation sites (tertiary alicyclic amines) is 1. The standard InChI is InChI=1S/C13H20N4O/c1-8-5-9(6-14)7-17(8)13(18)12-10-3-2-4-11(10)15-16-12/h8-9H,2-7,14H2,1H3,(H,15,16). The number of H-pyrrole nitrogens is 1. The molecule has 0 spiro atoms. The smallest absolute Gasteiger partial charge is 0.274 e. The molecule has 1 amide bonds. The summed E-state index contributed by atoms with van der Waals surface area (Å²) in [5.74, 6) is 0.522. The number of amides is 1. The zero-order valence-electron chi connectivity index (χ0n) is 10.8. The fraction of sp³-hybridized carbons (Fsp3) is 0.692. The Balaban J connectivity index is 1.82. The number of nitrogens with two attached hydrogens (primary N) is 1. The van der Waals surface area contributed by atoms with Gasteiger partial charge in [0, 0.05) is 23.8 Å². The number of nitrogens with one attached hydrogen (secondary N) is 1. The van der Waals surface area contributed by atoms with E-state index in [1.807, 2.05) is 4.90 Å². The summed E-state index contributed by atoms with van der Waals surface area (Å²) in [5, 5.41) is 7.23. The fourth-order valence-electron chi connectivity index (χ4n) is 3.23. The van der Waals surface area contributed by atoms with Gasteiger partial charge < -0.3 is 10.6 Å². The van der Waals surface area contributed by atoms with E-state index in [0.29, 0.717) is 18.2 Å². The first-order valence-corrected chi connectivity index (χ1v) is 6.78. The van der Waals surface area contributed by atoms with E-state index in [4.69, 9.17) is 5.73 Å². The van der Waals surface area contributed by atoms with Crippen molar-refractivity contribution in [3.05, 3.63) is 17.0 Å². The Morgan fingerprint density at radius 2 is 2.39 bits per heavy atom. The summed E-state index contributed by atoms with van der Waals surface area (Å²) in [5.41, 5.74) is 8.65. The van der Waals surface area contributed by atoms with Crippen molar-refractivity contribution in [2.24, 2.45) is 11.7 Å². The second kappa shape index (κ2) is 4.39. The molecule has 2 heterocycles. The van der Waals surface area contributed by atoms with Gasteiger partial charge in [-0.25, -0.2) is 0 Å². The quantitative estimate of drug-likeness (QED) is 0.809. The van der Waals surface area contributed by atoms with Crippen molar-refractivity contribution >= 4 is 5.91 Å². The van der Waals surface area contributed by atoms with Crippen LogP contribution in [0.4, 0.5) is 0 Å². The van der Waals surface area contributed by atoms with Crippen LogP contribution < -0.4 is 5.73 Å². The van der Waals surface area contributed by atoms with Gasteiger partial charge in [0.2, 0.25) is 0 Å². The van der Waals surface area contributed by atoms with E-state index in [1.54, 1.807) is 0 Å². The molecule has 2 unspecified atom stereocenters. The molecular weight excluding hydrogens is 228 g/mol. The molecule has 0 radical (unpaired) electrons. The Labute approximate surface area is 107 Å². The minimum atomic E-state index is 0.0813. The number of nitrogens with zero attached hydrogens (tertiary/aromatic N) is 2. The van der Waals surface area contributed by atoms with Gasteiger partial charge in [-0.3, -0.25) is 9.89 Å². The van der Waals surface area contributed by atoms with Gasteiger partial charge >= 0.3 is 0 Å². The molecule has 2 aliphatic rings. The first-order valence-electron chi connectivity index (χ1n) is 6.78. The third-order valence-corrected chi connectivity index (χ3v) is 4.26. The summed E-state index contributed by atoms with van der Waals surface area (Å²) in [6.07, 6.45) is 4.14. The zero-order valence-corrected chi connectivity index (χ0v) is 10.8. The van der Waals surface area contributed by atoms with Crippen LogP contribution in [0.2, 0.25) is 0 Å². The summed E-state index contributed by atoms with van der Waals surface area (Å²) in [4.78, 5) is 14.5. The van der Waals surface area contributed by atoms with Gasteiger partial charge in [0.15, 0.2) is 5.69 Å². The molecule has 5 heteroatoms. The normalized spacial score (nSPS) is 26.7. The lowest BCUT2D eigenvalue weighted by atomic mass is 10.1. The molecule has 1 aromatic rings. The van der Waals surface area contributed by atoms with Crippen LogP contribution in [0.15, 0.2) is 0 Å². The van der Waals surface area contributed by atoms with Crippen molar-refractivity contribution in [1.29, 1.82) is 0 Å². The number of aryl methyl sites for hydroxylation is 1. The number of rotatable bonds is 2. The van der Waals surface area contributed by atoms with E-state index in [1.165, 1.54) is 0 Å². The maximum Gasteiger partial charge on any atom is 0.274 e. The molecule has 18 heavy (non-hydrogen) atoms. The molecule has 98 valence electrons. The largest absolute Gasteiger partial charge is 0.334 e. The molecule has 2 atom stereocenters. The van der Waals surface area contributed by atoms with Crippen molar-refractivity contribution in [2.45, 2.75) is 38.6 Å². The van der Waals surface area contributed by atoms with Crippen LogP contribution >= 0.6 is 0 Å². The molecule has 0 aromatic carbocycles. The van der Waals surface area contributed by atoms with Gasteiger partial charge in [0.25, 0.3) is 5.91 Å². The first-order chi connectivity index (χ1) is 8.70. The second-order valence-corrected chi connectivity index (χ2v) is 5.53. The van der Waals surface area contributed by atoms with Crippen molar-refractivity contribution in [3.63, 3.8) is 0 Å². The Hall–Kier alpha value is -1.36. The Morgan fingerprint density at radius 3 is 3.11 bits per heavy atom. The topological polar surface area (TPSA) is 75.0 Å². The molecule has 1 aromatic heterocycles. The van der Waals surface area contributed by atoms with E-state index in [9.17, 15) is 4.79 Å². The molecular formula is C13H20N4O. The van der Waals surface area contributed by atoms with Gasteiger partial charge in [-0.2, -0.15) is 5.10 Å². The van der Waals surface area contributed by atoms with E-state index in [0.717, 1.165) is 43.5 Å². The molecule has 1 saturated heterocycles. The Kier molecular flexibility index (Phi) is 2.86. The van der Waals surface area contributed by atoms with E-state index >= 15 is 0 Å². The SMILES string of the molecule is CC1CC(CN)CN1C(=O)c1n[nH]c2c1CCC2. The molecule has 1 aliphatic heterocycles. The molecule has 3 rings (SSSR count). The molecule has 5 nitrogen and oxygen atoms in total. The summed E-state index contributed by atoms with van der Waals surface area (Å²) in [6.45, 7) is 3.53. The Morgan fingerprint density at radius 1 is 1.56 bits per heavy atom. The third kappa shape index (κ3) is 1.73. The number of aromatic amines is 1. The molecule has 3 N–H and O–H groups in total. The van der Waals surface area contributed by atoms with E-state index < -0.39 is 0 Å². The molecule has 0 saturated carbocycles. The first kappa shape index (κ1) is 11.7. The van der Waals surface area contributed by atoms with Crippen molar-refractivity contribution in [1.82, 2.24) is 15.1 Å². The number of carbonyl (C=O) groups excluding carboxylic acids is 1. The highest BCUT2D eigenvalue weighted by molar-refractivity contribution is 5.94. The van der Waals surface area contributed by atoms with E-state index in [2.05, 4.69) is 17.1 Å². The monoisotopic (exact) mass is 248 g/mol. The minimum absolute atomic E-state index is 0.0813. The van der Waals surface area contributed by atoms with Crippen LogP contribution in [-0.2, 0) is 12.8 Å². The van der Waals surface area contributed by atoms with Crippen molar-refractivity contribution < 1.29 is 4.79 Å². The minimum Gasteiger partial charge on any atom is -0.334 e. The Bertz CT molecular complexity index is 468. The third-order valence-electron chi connectivity index (χ3n) is 4.26. The number of fused-ring (bicyclic) bond motifs is 1. The van der Waals surface area contributed by atoms with Crippen LogP contribution in [0, 0.1) is 5.92 Å². The van der Waals surface area contributed by atoms with E-state index in [-0.39, 0.29) is 11.9 Å². The lowest BCUT2D eigenvalue weighted by Crippen LogP contribution is -2.35. The number of aromatic nitrogens is 2. The van der Waals surface area contributed by atoms with Crippen LogP contribution in [-0.4, -0.2) is 40.1 Å². The molecule has 1 fully saturated rings. The second-order valence-electron chi connectivity index (χ2n) is 5.53. The highest BCUT2D eigenvalue weighted by Crippen LogP contribution is 2.28. The average molecular weight is 248 g/mol. The molecule has 1 aliphatic carbocycles. The summed E-state index contributed by atoms with van der Waals surface area (Å²) >= 11 is 0. The van der Waals surface area contributed by atoms with Gasteiger partial charge in [-0.15, -0.1) is 0 Å². The molecule has 0 bridgehead atoms. The van der Waals surface area contributed by atoms with Crippen LogP contribution in [0.25, 0.3) is 0 Å². The maximum atomic E-state index is 12.5. The predicted molar refractivity (Wildman–Crippen MR) is 68.3 cm³/mol. The average Bonchev–Trinajstić information content (AvgIpc) is 3.01. The number of carbonyl (C=O) groups is 1. The lowest BCUT2D eigenvalue weighted by molar-refractivity contribution is 0.0736. The highest BCUT2D eigenvalue weighted by atomic mass is 16.2. The van der Waals surface area contributed by atoms with Crippen LogP contribution in [0.5, 0.6) is 0 Å². The summed E-state index contributed by atoms with van der Waals surface area (Å²) in [7, 11) is 0. The van der Waals surface area contributed by atoms with Gasteiger partial charge in [-0.1, -0.05) is 0 Å². The summed E-state index contributed by atoms with van der Waals surface area (Å²) < 4.78 is 0. The van der Waals surface area contributed by atoms with Crippen LogP contribution in [0.3, 0.4) is 0 Å². The summed E-state index contributed by atoms with van der Waals surface area (Å²) in [6, 6.07) is 0.278. The zero-order chi connectivity index (χ0) is 12.7.